The molecule has 0 aliphatic carbocycles. The number of fused-ring (bicyclic) bond motifs is 1. The summed E-state index contributed by atoms with van der Waals surface area (Å²) in [7, 11) is 0. The maximum absolute atomic E-state index is 12.1. The number of nitrogens with zero attached hydrogens (tertiary/aromatic N) is 1. The van der Waals surface area contributed by atoms with E-state index in [-0.39, 0.29) is 5.91 Å². The van der Waals surface area contributed by atoms with E-state index in [1.165, 1.54) is 32.4 Å². The first-order valence-electron chi connectivity index (χ1n) is 7.92. The molecular weight excluding hydrogens is 300 g/mol. The van der Waals surface area contributed by atoms with Gasteiger partial charge < -0.3 is 14.6 Å². The third-order valence-electron chi connectivity index (χ3n) is 4.09. The number of carbonyl (C=O) groups is 1. The minimum Gasteiger partial charge on any atom is -0.451 e. The minimum absolute atomic E-state index is 0.161. The van der Waals surface area contributed by atoms with Crippen molar-refractivity contribution in [1.29, 1.82) is 0 Å². The Kier molecular flexibility index (Phi) is 5.01. The predicted molar refractivity (Wildman–Crippen MR) is 88.5 cm³/mol. The standard InChI is InChI=1S/C17H21ClN2O2/c18-14-5-6-15-13(11-14)12-16(22-15)17(21)19-7-4-10-20-8-2-1-3-9-20/h5-6,11-12H,1-4,7-10H2,(H,19,21). The Bertz CT molecular complexity index is 647. The van der Waals surface area contributed by atoms with Crippen LogP contribution in [0.4, 0.5) is 0 Å². The highest BCUT2D eigenvalue weighted by atomic mass is 35.5. The molecule has 1 aliphatic heterocycles. The van der Waals surface area contributed by atoms with Gasteiger partial charge in [0.15, 0.2) is 5.76 Å². The molecule has 2 aromatic rings. The van der Waals surface area contributed by atoms with E-state index < -0.39 is 0 Å². The van der Waals surface area contributed by atoms with Gasteiger partial charge in [-0.3, -0.25) is 4.79 Å². The van der Waals surface area contributed by atoms with Crippen molar-refractivity contribution in [3.05, 3.63) is 35.0 Å². The third kappa shape index (κ3) is 3.81. The summed E-state index contributed by atoms with van der Waals surface area (Å²) < 4.78 is 5.55. The molecule has 0 radical (unpaired) electrons. The molecule has 0 atom stereocenters. The van der Waals surface area contributed by atoms with E-state index in [0.717, 1.165) is 18.4 Å². The van der Waals surface area contributed by atoms with Crippen LogP contribution < -0.4 is 5.32 Å². The van der Waals surface area contributed by atoms with Crippen LogP contribution in [0.1, 0.15) is 36.2 Å². The van der Waals surface area contributed by atoms with E-state index in [1.54, 1.807) is 24.3 Å². The van der Waals surface area contributed by atoms with Gasteiger partial charge in [0.25, 0.3) is 5.91 Å². The number of hydrogen-bond donors (Lipinski definition) is 1. The van der Waals surface area contributed by atoms with Gasteiger partial charge in [-0.2, -0.15) is 0 Å². The Labute approximate surface area is 135 Å². The summed E-state index contributed by atoms with van der Waals surface area (Å²) in [6.07, 6.45) is 4.92. The normalized spacial score (nSPS) is 16.0. The molecule has 22 heavy (non-hydrogen) atoms. The van der Waals surface area contributed by atoms with E-state index in [9.17, 15) is 4.79 Å². The molecule has 1 aromatic heterocycles. The molecule has 0 spiro atoms. The predicted octanol–water partition coefficient (Wildman–Crippen LogP) is 3.69. The molecule has 5 heteroatoms. The first-order chi connectivity index (χ1) is 10.7. The van der Waals surface area contributed by atoms with Crippen LogP contribution in [-0.2, 0) is 0 Å². The quantitative estimate of drug-likeness (QED) is 0.855. The maximum Gasteiger partial charge on any atom is 0.287 e. The van der Waals surface area contributed by atoms with Gasteiger partial charge in [0.2, 0.25) is 0 Å². The Morgan fingerprint density at radius 2 is 2.05 bits per heavy atom. The Hall–Kier alpha value is -1.52. The average Bonchev–Trinajstić information content (AvgIpc) is 2.95. The highest BCUT2D eigenvalue weighted by Gasteiger charge is 2.13. The summed E-state index contributed by atoms with van der Waals surface area (Å²) in [5.74, 6) is 0.182. The number of furan rings is 1. The number of halogens is 1. The van der Waals surface area contributed by atoms with Gasteiger partial charge in [-0.05, 0) is 63.2 Å². The molecule has 3 rings (SSSR count). The summed E-state index contributed by atoms with van der Waals surface area (Å²) in [5, 5.41) is 4.42. The average molecular weight is 321 g/mol. The first-order valence-corrected chi connectivity index (χ1v) is 8.30. The van der Waals surface area contributed by atoms with Gasteiger partial charge in [-0.15, -0.1) is 0 Å². The fourth-order valence-corrected chi connectivity index (χ4v) is 3.08. The zero-order valence-electron chi connectivity index (χ0n) is 12.6. The van der Waals surface area contributed by atoms with Crippen molar-refractivity contribution in [2.75, 3.05) is 26.2 Å². The molecule has 1 fully saturated rings. The molecule has 4 nitrogen and oxygen atoms in total. The van der Waals surface area contributed by atoms with Crippen molar-refractivity contribution in [2.45, 2.75) is 25.7 Å². The van der Waals surface area contributed by atoms with Crippen LogP contribution in [-0.4, -0.2) is 37.0 Å². The van der Waals surface area contributed by atoms with Gasteiger partial charge in [-0.25, -0.2) is 0 Å². The van der Waals surface area contributed by atoms with Crippen molar-refractivity contribution >= 4 is 28.5 Å². The van der Waals surface area contributed by atoms with Gasteiger partial charge in [0.1, 0.15) is 5.58 Å². The van der Waals surface area contributed by atoms with Crippen LogP contribution in [0, 0.1) is 0 Å². The molecule has 1 N–H and O–H groups in total. The van der Waals surface area contributed by atoms with Gasteiger partial charge in [0.05, 0.1) is 0 Å². The number of piperidine rings is 1. The monoisotopic (exact) mass is 320 g/mol. The van der Waals surface area contributed by atoms with Crippen molar-refractivity contribution in [3.8, 4) is 0 Å². The van der Waals surface area contributed by atoms with E-state index in [4.69, 9.17) is 16.0 Å². The molecule has 0 bridgehead atoms. The molecule has 1 aromatic carbocycles. The second-order valence-corrected chi connectivity index (χ2v) is 6.24. The smallest absolute Gasteiger partial charge is 0.287 e. The molecule has 1 amide bonds. The van der Waals surface area contributed by atoms with Crippen LogP contribution in [0.5, 0.6) is 0 Å². The number of nitrogens with one attached hydrogen (secondary N) is 1. The largest absolute Gasteiger partial charge is 0.451 e. The van der Waals surface area contributed by atoms with Crippen LogP contribution in [0.2, 0.25) is 5.02 Å². The lowest BCUT2D eigenvalue weighted by Crippen LogP contribution is -2.33. The van der Waals surface area contributed by atoms with E-state index in [1.807, 2.05) is 0 Å². The first kappa shape index (κ1) is 15.4. The molecule has 1 aliphatic rings. The minimum atomic E-state index is -0.161. The van der Waals surface area contributed by atoms with Crippen molar-refractivity contribution in [2.24, 2.45) is 0 Å². The Morgan fingerprint density at radius 3 is 2.86 bits per heavy atom. The number of carbonyl (C=O) groups excluding carboxylic acids is 1. The molecular formula is C17H21ClN2O2. The molecule has 0 saturated carbocycles. The zero-order valence-corrected chi connectivity index (χ0v) is 13.4. The number of amides is 1. The van der Waals surface area contributed by atoms with E-state index in [0.29, 0.717) is 22.9 Å². The number of rotatable bonds is 5. The van der Waals surface area contributed by atoms with Gasteiger partial charge in [0, 0.05) is 17.0 Å². The number of hydrogen-bond acceptors (Lipinski definition) is 3. The van der Waals surface area contributed by atoms with Crippen LogP contribution >= 0.6 is 11.6 Å². The lowest BCUT2D eigenvalue weighted by molar-refractivity contribution is 0.0925. The highest BCUT2D eigenvalue weighted by molar-refractivity contribution is 6.31. The highest BCUT2D eigenvalue weighted by Crippen LogP contribution is 2.22. The van der Waals surface area contributed by atoms with E-state index >= 15 is 0 Å². The summed E-state index contributed by atoms with van der Waals surface area (Å²) in [4.78, 5) is 14.6. The van der Waals surface area contributed by atoms with E-state index in [2.05, 4.69) is 10.2 Å². The summed E-state index contributed by atoms with van der Waals surface area (Å²) >= 11 is 5.94. The van der Waals surface area contributed by atoms with Crippen LogP contribution in [0.3, 0.4) is 0 Å². The summed E-state index contributed by atoms with van der Waals surface area (Å²) in [6, 6.07) is 7.08. The van der Waals surface area contributed by atoms with Crippen molar-refractivity contribution < 1.29 is 9.21 Å². The fourth-order valence-electron chi connectivity index (χ4n) is 2.90. The number of likely N-dealkylation sites (tertiary alicyclic amines) is 1. The van der Waals surface area contributed by atoms with Crippen molar-refractivity contribution in [3.63, 3.8) is 0 Å². The topological polar surface area (TPSA) is 45.5 Å². The van der Waals surface area contributed by atoms with Crippen LogP contribution in [0.15, 0.2) is 28.7 Å². The van der Waals surface area contributed by atoms with Gasteiger partial charge in [-0.1, -0.05) is 18.0 Å². The molecule has 118 valence electrons. The maximum atomic E-state index is 12.1. The Morgan fingerprint density at radius 1 is 1.23 bits per heavy atom. The molecule has 1 saturated heterocycles. The third-order valence-corrected chi connectivity index (χ3v) is 4.32. The second-order valence-electron chi connectivity index (χ2n) is 5.80. The number of benzene rings is 1. The summed E-state index contributed by atoms with van der Waals surface area (Å²) in [5.41, 5.74) is 0.683. The zero-order chi connectivity index (χ0) is 15.4. The second kappa shape index (κ2) is 7.16. The summed E-state index contributed by atoms with van der Waals surface area (Å²) in [6.45, 7) is 4.11. The fraction of sp³-hybridized carbons (Fsp3) is 0.471. The van der Waals surface area contributed by atoms with Crippen LogP contribution in [0.25, 0.3) is 11.0 Å². The lowest BCUT2D eigenvalue weighted by atomic mass is 10.1. The Balaban J connectivity index is 1.48. The molecule has 0 unspecified atom stereocenters. The lowest BCUT2D eigenvalue weighted by Gasteiger charge is -2.26. The SMILES string of the molecule is O=C(NCCCN1CCCCC1)c1cc2cc(Cl)ccc2o1. The van der Waals surface area contributed by atoms with Gasteiger partial charge >= 0.3 is 0 Å². The molecule has 2 heterocycles. The van der Waals surface area contributed by atoms with Crippen molar-refractivity contribution in [1.82, 2.24) is 10.2 Å².